The highest BCUT2D eigenvalue weighted by Crippen LogP contribution is 2.22. The van der Waals surface area contributed by atoms with Gasteiger partial charge < -0.3 is 10.6 Å². The van der Waals surface area contributed by atoms with Crippen LogP contribution in [0.15, 0.2) is 0 Å². The maximum Gasteiger partial charge on any atom is 0.389 e. The smallest absolute Gasteiger partial charge is 0.330 e. The Balaban J connectivity index is 2.38. The molecule has 0 spiro atoms. The van der Waals surface area contributed by atoms with Crippen LogP contribution in [0.1, 0.15) is 19.8 Å². The van der Waals surface area contributed by atoms with E-state index < -0.39 is 28.4 Å². The molecule has 1 heterocycles. The Bertz CT molecular complexity index is 406. The van der Waals surface area contributed by atoms with E-state index in [2.05, 4.69) is 4.90 Å². The number of alkyl halides is 3. The van der Waals surface area contributed by atoms with E-state index in [0.717, 1.165) is 6.54 Å². The standard InChI is InChI=1S/C12H24F3N3O2S/c1-11(9-16)10-17-4-6-18(7-5-17)21(19,20)8-2-3-12(13,14)15/h11H,2-10,16H2,1H3. The van der Waals surface area contributed by atoms with Crippen LogP contribution in [0.5, 0.6) is 0 Å². The van der Waals surface area contributed by atoms with Crippen molar-refractivity contribution < 1.29 is 21.6 Å². The summed E-state index contributed by atoms with van der Waals surface area (Å²) in [7, 11) is -3.58. The van der Waals surface area contributed by atoms with Crippen molar-refractivity contribution in [3.63, 3.8) is 0 Å². The van der Waals surface area contributed by atoms with Crippen LogP contribution >= 0.6 is 0 Å². The van der Waals surface area contributed by atoms with Crippen LogP contribution in [0.4, 0.5) is 13.2 Å². The lowest BCUT2D eigenvalue weighted by Crippen LogP contribution is -2.50. The average Bonchev–Trinajstić information content (AvgIpc) is 2.37. The quantitative estimate of drug-likeness (QED) is 0.752. The Kier molecular flexibility index (Phi) is 6.89. The van der Waals surface area contributed by atoms with Gasteiger partial charge >= 0.3 is 6.18 Å². The first-order valence-electron chi connectivity index (χ1n) is 7.11. The maximum atomic E-state index is 12.1. The molecule has 0 saturated carbocycles. The zero-order chi connectivity index (χ0) is 16.1. The van der Waals surface area contributed by atoms with Crippen LogP contribution in [0.3, 0.4) is 0 Å². The van der Waals surface area contributed by atoms with E-state index in [4.69, 9.17) is 5.73 Å². The van der Waals surface area contributed by atoms with Gasteiger partial charge in [-0.05, 0) is 18.9 Å². The summed E-state index contributed by atoms with van der Waals surface area (Å²) in [5, 5.41) is 0. The zero-order valence-corrected chi connectivity index (χ0v) is 13.1. The third-order valence-electron chi connectivity index (χ3n) is 3.56. The first-order chi connectivity index (χ1) is 9.64. The second-order valence-corrected chi connectivity index (χ2v) is 7.66. The van der Waals surface area contributed by atoms with E-state index in [-0.39, 0.29) is 6.42 Å². The van der Waals surface area contributed by atoms with Gasteiger partial charge in [0.1, 0.15) is 0 Å². The second kappa shape index (κ2) is 7.75. The summed E-state index contributed by atoms with van der Waals surface area (Å²) in [5.41, 5.74) is 5.55. The van der Waals surface area contributed by atoms with Crippen LogP contribution in [0, 0.1) is 5.92 Å². The fourth-order valence-corrected chi connectivity index (χ4v) is 3.78. The molecule has 1 rings (SSSR count). The van der Waals surface area contributed by atoms with Crippen LogP contribution in [-0.2, 0) is 10.0 Å². The fraction of sp³-hybridized carbons (Fsp3) is 1.00. The molecule has 126 valence electrons. The summed E-state index contributed by atoms with van der Waals surface area (Å²) in [6.07, 6.45) is -5.73. The summed E-state index contributed by atoms with van der Waals surface area (Å²) < 4.78 is 61.4. The number of piperazine rings is 1. The molecule has 0 radical (unpaired) electrons. The van der Waals surface area contributed by atoms with E-state index in [9.17, 15) is 21.6 Å². The first kappa shape index (κ1) is 18.7. The molecule has 0 amide bonds. The molecule has 21 heavy (non-hydrogen) atoms. The SMILES string of the molecule is CC(CN)CN1CCN(S(=O)(=O)CCCC(F)(F)F)CC1. The Morgan fingerprint density at radius 2 is 1.76 bits per heavy atom. The molecule has 5 nitrogen and oxygen atoms in total. The number of rotatable bonds is 7. The van der Waals surface area contributed by atoms with Crippen molar-refractivity contribution in [2.45, 2.75) is 25.9 Å². The number of sulfonamides is 1. The lowest BCUT2D eigenvalue weighted by atomic mass is 10.1. The second-order valence-electron chi connectivity index (χ2n) is 5.58. The van der Waals surface area contributed by atoms with Crippen molar-refractivity contribution >= 4 is 10.0 Å². The van der Waals surface area contributed by atoms with Gasteiger partial charge in [-0.1, -0.05) is 6.92 Å². The molecule has 1 atom stereocenters. The lowest BCUT2D eigenvalue weighted by Gasteiger charge is -2.35. The number of nitrogens with two attached hydrogens (primary N) is 1. The van der Waals surface area contributed by atoms with Gasteiger partial charge in [-0.25, -0.2) is 8.42 Å². The third-order valence-corrected chi connectivity index (χ3v) is 5.52. The molecule has 9 heteroatoms. The van der Waals surface area contributed by atoms with Crippen molar-refractivity contribution in [2.24, 2.45) is 11.7 Å². The van der Waals surface area contributed by atoms with Crippen molar-refractivity contribution in [1.82, 2.24) is 9.21 Å². The maximum absolute atomic E-state index is 12.1. The first-order valence-corrected chi connectivity index (χ1v) is 8.72. The van der Waals surface area contributed by atoms with Crippen LogP contribution in [0.25, 0.3) is 0 Å². The molecule has 1 unspecified atom stereocenters. The van der Waals surface area contributed by atoms with Gasteiger partial charge in [-0.3, -0.25) is 0 Å². The summed E-state index contributed by atoms with van der Waals surface area (Å²) in [4.78, 5) is 2.14. The van der Waals surface area contributed by atoms with Crippen molar-refractivity contribution in [1.29, 1.82) is 0 Å². The number of hydrogen-bond acceptors (Lipinski definition) is 4. The lowest BCUT2D eigenvalue weighted by molar-refractivity contribution is -0.134. The van der Waals surface area contributed by atoms with Gasteiger partial charge in [0.05, 0.1) is 5.75 Å². The zero-order valence-electron chi connectivity index (χ0n) is 12.3. The highest BCUT2D eigenvalue weighted by Gasteiger charge is 2.30. The third kappa shape index (κ3) is 6.94. The predicted molar refractivity (Wildman–Crippen MR) is 75.3 cm³/mol. The molecule has 1 aliphatic heterocycles. The number of nitrogens with zero attached hydrogens (tertiary/aromatic N) is 2. The molecular weight excluding hydrogens is 307 g/mol. The predicted octanol–water partition coefficient (Wildman–Crippen LogP) is 0.871. The largest absolute Gasteiger partial charge is 0.389 e. The summed E-state index contributed by atoms with van der Waals surface area (Å²) in [6, 6.07) is 0. The van der Waals surface area contributed by atoms with Gasteiger partial charge in [0, 0.05) is 39.1 Å². The normalized spacial score (nSPS) is 20.6. The van der Waals surface area contributed by atoms with Gasteiger partial charge in [0.15, 0.2) is 0 Å². The molecule has 2 N–H and O–H groups in total. The summed E-state index contributed by atoms with van der Waals surface area (Å²) in [5.74, 6) is -0.0916. The molecule has 1 fully saturated rings. The Labute approximate surface area is 124 Å². The Morgan fingerprint density at radius 3 is 2.24 bits per heavy atom. The molecule has 1 aliphatic rings. The van der Waals surface area contributed by atoms with E-state index in [1.54, 1.807) is 0 Å². The van der Waals surface area contributed by atoms with E-state index in [1.807, 2.05) is 6.92 Å². The molecule has 0 aromatic heterocycles. The molecular formula is C12H24F3N3O2S. The summed E-state index contributed by atoms with van der Waals surface area (Å²) >= 11 is 0. The molecule has 0 bridgehead atoms. The van der Waals surface area contributed by atoms with Crippen LogP contribution < -0.4 is 5.73 Å². The van der Waals surface area contributed by atoms with Crippen molar-refractivity contribution in [2.75, 3.05) is 45.0 Å². The Morgan fingerprint density at radius 1 is 1.19 bits per heavy atom. The van der Waals surface area contributed by atoms with Gasteiger partial charge in [0.25, 0.3) is 0 Å². The van der Waals surface area contributed by atoms with Gasteiger partial charge in [-0.15, -0.1) is 0 Å². The van der Waals surface area contributed by atoms with Crippen LogP contribution in [-0.4, -0.2) is 68.8 Å². The number of hydrogen-bond donors (Lipinski definition) is 1. The van der Waals surface area contributed by atoms with E-state index in [0.29, 0.717) is 38.6 Å². The average molecular weight is 331 g/mol. The minimum absolute atomic E-state index is 0.339. The number of halogens is 3. The summed E-state index contributed by atoms with van der Waals surface area (Å²) in [6.45, 7) is 5.30. The van der Waals surface area contributed by atoms with Gasteiger partial charge in [0.2, 0.25) is 10.0 Å². The topological polar surface area (TPSA) is 66.6 Å². The molecule has 0 aromatic carbocycles. The monoisotopic (exact) mass is 331 g/mol. The highest BCUT2D eigenvalue weighted by molar-refractivity contribution is 7.89. The fourth-order valence-electron chi connectivity index (χ4n) is 2.29. The molecule has 1 saturated heterocycles. The van der Waals surface area contributed by atoms with E-state index in [1.165, 1.54) is 4.31 Å². The van der Waals surface area contributed by atoms with Crippen molar-refractivity contribution in [3.05, 3.63) is 0 Å². The minimum Gasteiger partial charge on any atom is -0.330 e. The van der Waals surface area contributed by atoms with Crippen molar-refractivity contribution in [3.8, 4) is 0 Å². The minimum atomic E-state index is -4.30. The molecule has 0 aliphatic carbocycles. The van der Waals surface area contributed by atoms with Crippen LogP contribution in [0.2, 0.25) is 0 Å². The van der Waals surface area contributed by atoms with E-state index >= 15 is 0 Å². The van der Waals surface area contributed by atoms with Gasteiger partial charge in [-0.2, -0.15) is 17.5 Å². The molecule has 0 aromatic rings. The Hall–Kier alpha value is -0.380. The highest BCUT2D eigenvalue weighted by atomic mass is 32.2.